The molecule has 0 spiro atoms. The summed E-state index contributed by atoms with van der Waals surface area (Å²) in [5.74, 6) is -0.406. The molecule has 0 heterocycles. The highest BCUT2D eigenvalue weighted by Gasteiger charge is 2.05. The Hall–Kier alpha value is -1.49. The predicted molar refractivity (Wildman–Crippen MR) is 81.1 cm³/mol. The highest BCUT2D eigenvalue weighted by molar-refractivity contribution is 8.00. The largest absolute Gasteiger partial charge is 0.481 e. The molecule has 5 heteroatoms. The Bertz CT molecular complexity index is 474. The quantitative estimate of drug-likeness (QED) is 0.571. The zero-order valence-electron chi connectivity index (χ0n) is 11.9. The Morgan fingerprint density at radius 3 is 2.70 bits per heavy atom. The van der Waals surface area contributed by atoms with E-state index in [0.29, 0.717) is 25.1 Å². The van der Waals surface area contributed by atoms with Crippen molar-refractivity contribution in [3.05, 3.63) is 29.3 Å². The van der Waals surface area contributed by atoms with Crippen LogP contribution < -0.4 is 5.32 Å². The van der Waals surface area contributed by atoms with Crippen molar-refractivity contribution in [2.75, 3.05) is 12.3 Å². The molecule has 1 aromatic rings. The van der Waals surface area contributed by atoms with Crippen molar-refractivity contribution in [3.63, 3.8) is 0 Å². The molecule has 0 atom stereocenters. The fourth-order valence-corrected chi connectivity index (χ4v) is 2.64. The molecule has 0 saturated carbocycles. The number of hydrogen-bond donors (Lipinski definition) is 2. The van der Waals surface area contributed by atoms with E-state index in [-0.39, 0.29) is 12.3 Å². The molecule has 0 saturated heterocycles. The normalized spacial score (nSPS) is 10.3. The summed E-state index contributed by atoms with van der Waals surface area (Å²) in [6, 6.07) is 6.20. The molecular formula is C15H21NO3S. The number of carbonyl (C=O) groups is 2. The number of hydrogen-bond acceptors (Lipinski definition) is 3. The minimum atomic E-state index is -0.790. The van der Waals surface area contributed by atoms with Crippen LogP contribution in [0.25, 0.3) is 0 Å². The van der Waals surface area contributed by atoms with Crippen LogP contribution in [0.15, 0.2) is 23.1 Å². The van der Waals surface area contributed by atoms with Crippen LogP contribution in [0.3, 0.4) is 0 Å². The second-order valence-electron chi connectivity index (χ2n) is 4.76. The Morgan fingerprint density at radius 2 is 2.00 bits per heavy atom. The lowest BCUT2D eigenvalue weighted by Crippen LogP contribution is -2.26. The third-order valence-electron chi connectivity index (χ3n) is 2.84. The van der Waals surface area contributed by atoms with E-state index >= 15 is 0 Å². The van der Waals surface area contributed by atoms with Gasteiger partial charge in [-0.15, -0.1) is 11.8 Å². The van der Waals surface area contributed by atoms with E-state index in [2.05, 4.69) is 23.5 Å². The molecule has 0 radical (unpaired) electrons. The van der Waals surface area contributed by atoms with Crippen molar-refractivity contribution >= 4 is 23.6 Å². The fourth-order valence-electron chi connectivity index (χ4n) is 1.69. The Balaban J connectivity index is 2.23. The molecule has 2 N–H and O–H groups in total. The lowest BCUT2D eigenvalue weighted by molar-refractivity contribution is -0.137. The van der Waals surface area contributed by atoms with E-state index < -0.39 is 5.97 Å². The third-order valence-corrected chi connectivity index (χ3v) is 4.00. The van der Waals surface area contributed by atoms with Gasteiger partial charge in [-0.1, -0.05) is 17.7 Å². The van der Waals surface area contributed by atoms with Gasteiger partial charge in [0.25, 0.3) is 0 Å². The van der Waals surface area contributed by atoms with Gasteiger partial charge in [-0.3, -0.25) is 9.59 Å². The molecule has 0 bridgehead atoms. The first-order chi connectivity index (χ1) is 9.49. The molecule has 0 aliphatic carbocycles. The Labute approximate surface area is 124 Å². The molecule has 0 fully saturated rings. The van der Waals surface area contributed by atoms with E-state index in [9.17, 15) is 9.59 Å². The van der Waals surface area contributed by atoms with E-state index in [4.69, 9.17) is 5.11 Å². The summed E-state index contributed by atoms with van der Waals surface area (Å²) in [4.78, 5) is 23.1. The first-order valence-electron chi connectivity index (χ1n) is 6.67. The molecule has 20 heavy (non-hydrogen) atoms. The zero-order valence-corrected chi connectivity index (χ0v) is 12.8. The second-order valence-corrected chi connectivity index (χ2v) is 5.78. The minimum Gasteiger partial charge on any atom is -0.481 e. The van der Waals surface area contributed by atoms with E-state index in [1.54, 1.807) is 0 Å². The minimum absolute atomic E-state index is 0.00812. The summed E-state index contributed by atoms with van der Waals surface area (Å²) in [6.45, 7) is 4.61. The summed E-state index contributed by atoms with van der Waals surface area (Å²) >= 11 is 1.53. The molecule has 110 valence electrons. The average molecular weight is 295 g/mol. The number of aryl methyl sites for hydroxylation is 2. The van der Waals surface area contributed by atoms with Crippen molar-refractivity contribution in [2.24, 2.45) is 0 Å². The van der Waals surface area contributed by atoms with Gasteiger partial charge in [0.1, 0.15) is 0 Å². The van der Waals surface area contributed by atoms with Crippen LogP contribution in [-0.4, -0.2) is 29.3 Å². The molecule has 4 nitrogen and oxygen atoms in total. The summed E-state index contributed by atoms with van der Waals surface area (Å²) in [7, 11) is 0. The number of thioether (sulfide) groups is 1. The third kappa shape index (κ3) is 6.61. The van der Waals surface area contributed by atoms with Gasteiger partial charge in [0.05, 0.1) is 5.75 Å². The molecule has 1 amide bonds. The van der Waals surface area contributed by atoms with Gasteiger partial charge in [0.2, 0.25) is 5.91 Å². The molecule has 0 aliphatic rings. The number of nitrogens with one attached hydrogen (secondary N) is 1. The van der Waals surface area contributed by atoms with Gasteiger partial charge >= 0.3 is 5.97 Å². The van der Waals surface area contributed by atoms with Gasteiger partial charge in [0, 0.05) is 17.9 Å². The van der Waals surface area contributed by atoms with Crippen LogP contribution in [0.4, 0.5) is 0 Å². The van der Waals surface area contributed by atoms with Gasteiger partial charge in [-0.25, -0.2) is 0 Å². The molecule has 0 aromatic heterocycles. The number of unbranched alkanes of at least 4 members (excludes halogenated alkanes) is 1. The molecule has 0 unspecified atom stereocenters. The van der Waals surface area contributed by atoms with E-state index in [1.165, 1.54) is 22.9 Å². The van der Waals surface area contributed by atoms with Crippen LogP contribution in [0, 0.1) is 13.8 Å². The second kappa shape index (κ2) is 8.64. The topological polar surface area (TPSA) is 66.4 Å². The van der Waals surface area contributed by atoms with Crippen LogP contribution >= 0.6 is 11.8 Å². The van der Waals surface area contributed by atoms with Gasteiger partial charge in [-0.05, 0) is 38.3 Å². The van der Waals surface area contributed by atoms with Gasteiger partial charge in [-0.2, -0.15) is 0 Å². The summed E-state index contributed by atoms with van der Waals surface area (Å²) in [6.07, 6.45) is 1.46. The number of carbonyl (C=O) groups excluding carboxylic acids is 1. The number of aliphatic carboxylic acids is 1. The number of amides is 1. The highest BCUT2D eigenvalue weighted by Crippen LogP contribution is 2.23. The maximum atomic E-state index is 11.7. The first kappa shape index (κ1) is 16.6. The maximum Gasteiger partial charge on any atom is 0.303 e. The molecule has 1 rings (SSSR count). The number of rotatable bonds is 8. The lowest BCUT2D eigenvalue weighted by atomic mass is 10.2. The average Bonchev–Trinajstić information content (AvgIpc) is 2.39. The maximum absolute atomic E-state index is 11.7. The summed E-state index contributed by atoms with van der Waals surface area (Å²) in [5, 5.41) is 11.3. The van der Waals surface area contributed by atoms with Crippen molar-refractivity contribution in [2.45, 2.75) is 38.0 Å². The first-order valence-corrected chi connectivity index (χ1v) is 7.66. The lowest BCUT2D eigenvalue weighted by Gasteiger charge is -2.07. The fraction of sp³-hybridized carbons (Fsp3) is 0.467. The molecular weight excluding hydrogens is 274 g/mol. The van der Waals surface area contributed by atoms with Crippen molar-refractivity contribution in [1.82, 2.24) is 5.32 Å². The van der Waals surface area contributed by atoms with Crippen LogP contribution in [0.5, 0.6) is 0 Å². The van der Waals surface area contributed by atoms with Crippen molar-refractivity contribution in [1.29, 1.82) is 0 Å². The summed E-state index contributed by atoms with van der Waals surface area (Å²) in [5.41, 5.74) is 2.36. The van der Waals surface area contributed by atoms with Gasteiger partial charge < -0.3 is 10.4 Å². The van der Waals surface area contributed by atoms with Crippen LogP contribution in [0.1, 0.15) is 30.4 Å². The highest BCUT2D eigenvalue weighted by atomic mass is 32.2. The van der Waals surface area contributed by atoms with Gasteiger partial charge in [0.15, 0.2) is 0 Å². The standard InChI is InChI=1S/C15H21NO3S/c1-11-6-7-12(2)13(9-11)20-10-14(17)16-8-4-3-5-15(18)19/h6-7,9H,3-5,8,10H2,1-2H3,(H,16,17)(H,18,19). The summed E-state index contributed by atoms with van der Waals surface area (Å²) < 4.78 is 0. The van der Waals surface area contributed by atoms with E-state index in [1.807, 2.05) is 13.8 Å². The smallest absolute Gasteiger partial charge is 0.303 e. The van der Waals surface area contributed by atoms with Crippen LogP contribution in [-0.2, 0) is 9.59 Å². The zero-order chi connectivity index (χ0) is 15.0. The van der Waals surface area contributed by atoms with E-state index in [0.717, 1.165) is 4.90 Å². The van der Waals surface area contributed by atoms with Crippen molar-refractivity contribution < 1.29 is 14.7 Å². The number of carboxylic acid groups (broad SMARTS) is 1. The molecule has 1 aromatic carbocycles. The monoisotopic (exact) mass is 295 g/mol. The SMILES string of the molecule is Cc1ccc(C)c(SCC(=O)NCCCCC(=O)O)c1. The number of carboxylic acids is 1. The Morgan fingerprint density at radius 1 is 1.25 bits per heavy atom. The number of benzene rings is 1. The predicted octanol–water partition coefficient (Wildman–Crippen LogP) is 2.77. The van der Waals surface area contributed by atoms with Crippen molar-refractivity contribution in [3.8, 4) is 0 Å². The Kier molecular flexibility index (Phi) is 7.15. The van der Waals surface area contributed by atoms with Crippen LogP contribution in [0.2, 0.25) is 0 Å². The molecule has 0 aliphatic heterocycles.